The lowest BCUT2D eigenvalue weighted by Crippen LogP contribution is -2.38. The molecule has 0 aromatic carbocycles. The number of ether oxygens (including phenoxy) is 2. The maximum atomic E-state index is 13.4. The Balaban J connectivity index is 1.37. The molecule has 2 N–H and O–H groups in total. The van der Waals surface area contributed by atoms with Crippen molar-refractivity contribution in [3.63, 3.8) is 0 Å². The second kappa shape index (κ2) is 12.1. The van der Waals surface area contributed by atoms with Gasteiger partial charge in [-0.05, 0) is 69.8 Å². The third-order valence-electron chi connectivity index (χ3n) is 7.19. The highest BCUT2D eigenvalue weighted by molar-refractivity contribution is 6.30. The summed E-state index contributed by atoms with van der Waals surface area (Å²) in [7, 11) is 1.59. The lowest BCUT2D eigenvalue weighted by Gasteiger charge is -2.33. The highest BCUT2D eigenvalue weighted by atomic mass is 35.5. The van der Waals surface area contributed by atoms with E-state index < -0.39 is 5.91 Å². The number of rotatable bonds is 9. The summed E-state index contributed by atoms with van der Waals surface area (Å²) in [5, 5.41) is 6.11. The number of likely N-dealkylation sites (tertiary alicyclic amines) is 1. The van der Waals surface area contributed by atoms with E-state index in [0.29, 0.717) is 47.1 Å². The molecule has 0 radical (unpaired) electrons. The van der Waals surface area contributed by atoms with Gasteiger partial charge in [0.05, 0.1) is 11.6 Å². The third kappa shape index (κ3) is 6.09. The SMILES string of the molecule is COCCOc1ccc2oc(C(=O)Nc3ccc(Cl)cn3)c(NC(=O)[C@H]3CC[C@H](N4CCCC4)CC3)c2n1. The van der Waals surface area contributed by atoms with Crippen LogP contribution in [-0.2, 0) is 9.53 Å². The molecule has 0 atom stereocenters. The molecule has 38 heavy (non-hydrogen) atoms. The Morgan fingerprint density at radius 3 is 2.58 bits per heavy atom. The quantitative estimate of drug-likeness (QED) is 0.373. The van der Waals surface area contributed by atoms with Gasteiger partial charge in [-0.25, -0.2) is 9.97 Å². The molecular weight excluding hydrogens is 510 g/mol. The van der Waals surface area contributed by atoms with E-state index in [1.807, 2.05) is 0 Å². The minimum atomic E-state index is -0.562. The van der Waals surface area contributed by atoms with Gasteiger partial charge in [-0.3, -0.25) is 9.59 Å². The Kier molecular flexibility index (Phi) is 8.41. The molecule has 11 heteroatoms. The number of aromatic nitrogens is 2. The highest BCUT2D eigenvalue weighted by Crippen LogP contribution is 2.35. The first-order valence-corrected chi connectivity index (χ1v) is 13.4. The van der Waals surface area contributed by atoms with Crippen molar-refractivity contribution in [3.8, 4) is 5.88 Å². The van der Waals surface area contributed by atoms with E-state index in [4.69, 9.17) is 25.5 Å². The maximum absolute atomic E-state index is 13.4. The Labute approximate surface area is 226 Å². The van der Waals surface area contributed by atoms with Gasteiger partial charge in [0.2, 0.25) is 17.5 Å². The van der Waals surface area contributed by atoms with Crippen LogP contribution in [0.25, 0.3) is 11.1 Å². The molecule has 4 heterocycles. The van der Waals surface area contributed by atoms with Crippen LogP contribution >= 0.6 is 11.6 Å². The summed E-state index contributed by atoms with van der Waals surface area (Å²) >= 11 is 5.91. The number of furan rings is 1. The molecule has 5 rings (SSSR count). The fourth-order valence-corrected chi connectivity index (χ4v) is 5.31. The van der Waals surface area contributed by atoms with Crippen LogP contribution in [-0.4, -0.2) is 66.1 Å². The molecule has 2 amide bonds. The second-order valence-corrected chi connectivity index (χ2v) is 10.1. The van der Waals surface area contributed by atoms with Crippen molar-refractivity contribution in [2.75, 3.05) is 44.0 Å². The molecular formula is C27H32ClN5O5. The average Bonchev–Trinajstić information content (AvgIpc) is 3.59. The molecule has 0 unspecified atom stereocenters. The van der Waals surface area contributed by atoms with Crippen LogP contribution in [0, 0.1) is 5.92 Å². The number of nitrogens with zero attached hydrogens (tertiary/aromatic N) is 3. The van der Waals surface area contributed by atoms with Gasteiger partial charge in [0.1, 0.15) is 23.6 Å². The van der Waals surface area contributed by atoms with Gasteiger partial charge in [-0.2, -0.15) is 0 Å². The van der Waals surface area contributed by atoms with Crippen molar-refractivity contribution in [2.24, 2.45) is 5.92 Å². The molecule has 1 aliphatic heterocycles. The standard InChI is InChI=1S/C27H32ClN5O5/c1-36-14-15-37-22-11-9-20-23(31-22)24(25(38-20)27(35)30-21-10-6-18(28)16-29-21)32-26(34)17-4-7-19(8-5-17)33-12-2-3-13-33/h6,9-11,16-17,19H,2-5,7-8,12-15H2,1H3,(H,32,34)(H,29,30,35)/t17-,19-. The first kappa shape index (κ1) is 26.4. The smallest absolute Gasteiger partial charge is 0.294 e. The highest BCUT2D eigenvalue weighted by Gasteiger charge is 2.32. The Hall–Kier alpha value is -3.21. The molecule has 1 saturated heterocycles. The summed E-state index contributed by atoms with van der Waals surface area (Å²) in [6.07, 6.45) is 7.55. The van der Waals surface area contributed by atoms with Crippen LogP contribution in [0.5, 0.6) is 5.88 Å². The average molecular weight is 542 g/mol. The zero-order valence-electron chi connectivity index (χ0n) is 21.4. The molecule has 202 valence electrons. The largest absolute Gasteiger partial charge is 0.475 e. The van der Waals surface area contributed by atoms with E-state index in [9.17, 15) is 9.59 Å². The van der Waals surface area contributed by atoms with E-state index in [0.717, 1.165) is 38.8 Å². The number of carbonyl (C=O) groups excluding carboxylic acids is 2. The lowest BCUT2D eigenvalue weighted by molar-refractivity contribution is -0.121. The number of anilines is 2. The summed E-state index contributed by atoms with van der Waals surface area (Å²) in [4.78, 5) is 37.8. The van der Waals surface area contributed by atoms with E-state index in [1.165, 1.54) is 19.0 Å². The van der Waals surface area contributed by atoms with Crippen LogP contribution in [0.1, 0.15) is 49.1 Å². The van der Waals surface area contributed by atoms with E-state index in [-0.39, 0.29) is 23.3 Å². The molecule has 2 fully saturated rings. The molecule has 0 bridgehead atoms. The molecule has 2 aliphatic rings. The van der Waals surface area contributed by atoms with Gasteiger partial charge in [-0.1, -0.05) is 11.6 Å². The van der Waals surface area contributed by atoms with Crippen LogP contribution in [0.2, 0.25) is 5.02 Å². The van der Waals surface area contributed by atoms with Crippen molar-refractivity contribution in [1.29, 1.82) is 0 Å². The molecule has 3 aromatic rings. The first-order chi connectivity index (χ1) is 18.5. The van der Waals surface area contributed by atoms with Gasteiger partial charge in [-0.15, -0.1) is 0 Å². The Morgan fingerprint density at radius 1 is 1.08 bits per heavy atom. The number of amides is 2. The predicted octanol–water partition coefficient (Wildman–Crippen LogP) is 4.75. The first-order valence-electron chi connectivity index (χ1n) is 13.0. The summed E-state index contributed by atoms with van der Waals surface area (Å²) in [6.45, 7) is 3.02. The number of pyridine rings is 2. The van der Waals surface area contributed by atoms with Crippen LogP contribution in [0.4, 0.5) is 11.5 Å². The fourth-order valence-electron chi connectivity index (χ4n) is 5.20. The molecule has 1 saturated carbocycles. The topological polar surface area (TPSA) is 119 Å². The van der Waals surface area contributed by atoms with Crippen molar-refractivity contribution in [3.05, 3.63) is 41.2 Å². The maximum Gasteiger partial charge on any atom is 0.294 e. The number of halogens is 1. The van der Waals surface area contributed by atoms with Gasteiger partial charge >= 0.3 is 0 Å². The van der Waals surface area contributed by atoms with Gasteiger partial charge in [0, 0.05) is 31.3 Å². The summed E-state index contributed by atoms with van der Waals surface area (Å²) in [5.41, 5.74) is 0.912. The van der Waals surface area contributed by atoms with Gasteiger partial charge < -0.3 is 29.4 Å². The molecule has 0 spiro atoms. The normalized spacial score (nSPS) is 19.9. The number of hydrogen-bond acceptors (Lipinski definition) is 8. The number of methoxy groups -OCH3 is 1. The number of fused-ring (bicyclic) bond motifs is 1. The predicted molar refractivity (Wildman–Crippen MR) is 144 cm³/mol. The number of carbonyl (C=O) groups is 2. The van der Waals surface area contributed by atoms with Gasteiger partial charge in [0.15, 0.2) is 5.58 Å². The van der Waals surface area contributed by atoms with E-state index in [1.54, 1.807) is 31.4 Å². The monoisotopic (exact) mass is 541 g/mol. The number of hydrogen-bond donors (Lipinski definition) is 2. The Bertz CT molecular complexity index is 1270. The second-order valence-electron chi connectivity index (χ2n) is 9.70. The zero-order chi connectivity index (χ0) is 26.5. The minimum Gasteiger partial charge on any atom is -0.475 e. The summed E-state index contributed by atoms with van der Waals surface area (Å²) in [6, 6.07) is 7.07. The summed E-state index contributed by atoms with van der Waals surface area (Å²) in [5.74, 6) is -0.269. The van der Waals surface area contributed by atoms with E-state index in [2.05, 4.69) is 25.5 Å². The fraction of sp³-hybridized carbons (Fsp3) is 0.481. The van der Waals surface area contributed by atoms with Gasteiger partial charge in [0.25, 0.3) is 5.91 Å². The lowest BCUT2D eigenvalue weighted by atomic mass is 9.85. The van der Waals surface area contributed by atoms with Crippen LogP contribution < -0.4 is 15.4 Å². The van der Waals surface area contributed by atoms with Crippen LogP contribution in [0.3, 0.4) is 0 Å². The Morgan fingerprint density at radius 2 is 1.87 bits per heavy atom. The van der Waals surface area contributed by atoms with Crippen molar-refractivity contribution >= 4 is 46.0 Å². The minimum absolute atomic E-state index is 0.0580. The number of nitrogens with one attached hydrogen (secondary N) is 2. The van der Waals surface area contributed by atoms with Crippen LogP contribution in [0.15, 0.2) is 34.9 Å². The third-order valence-corrected chi connectivity index (χ3v) is 7.42. The molecule has 3 aromatic heterocycles. The molecule has 10 nitrogen and oxygen atoms in total. The zero-order valence-corrected chi connectivity index (χ0v) is 22.1. The molecule has 1 aliphatic carbocycles. The van der Waals surface area contributed by atoms with E-state index >= 15 is 0 Å². The summed E-state index contributed by atoms with van der Waals surface area (Å²) < 4.78 is 16.6. The van der Waals surface area contributed by atoms with Crippen molar-refractivity contribution < 1.29 is 23.5 Å². The van der Waals surface area contributed by atoms with Crippen molar-refractivity contribution in [2.45, 2.75) is 44.6 Å². The van der Waals surface area contributed by atoms with Crippen molar-refractivity contribution in [1.82, 2.24) is 14.9 Å².